The molecule has 1 fully saturated rings. The fraction of sp³-hybridized carbons (Fsp3) is 0.364. The molecule has 1 unspecified atom stereocenters. The van der Waals surface area contributed by atoms with E-state index in [1.807, 2.05) is 13.0 Å². The first-order valence-corrected chi connectivity index (χ1v) is 13.2. The van der Waals surface area contributed by atoms with Crippen molar-refractivity contribution in [2.75, 3.05) is 18.4 Å². The van der Waals surface area contributed by atoms with Crippen molar-refractivity contribution >= 4 is 54.8 Å². The van der Waals surface area contributed by atoms with Gasteiger partial charge >= 0.3 is 4.87 Å². The Hall–Kier alpha value is -2.20. The topological polar surface area (TPSA) is 88.5 Å². The number of amides is 1. The van der Waals surface area contributed by atoms with Crippen LogP contribution in [0.4, 0.5) is 5.69 Å². The molecule has 1 N–H and O–H groups in total. The van der Waals surface area contributed by atoms with Crippen molar-refractivity contribution in [2.45, 2.75) is 32.1 Å². The van der Waals surface area contributed by atoms with Gasteiger partial charge in [0, 0.05) is 30.3 Å². The van der Waals surface area contributed by atoms with E-state index in [-0.39, 0.29) is 23.1 Å². The maximum atomic E-state index is 12.9. The van der Waals surface area contributed by atoms with Crippen LogP contribution in [0.15, 0.2) is 47.3 Å². The molecule has 1 aliphatic rings. The number of thiazole rings is 1. The predicted molar refractivity (Wildman–Crippen MR) is 129 cm³/mol. The first kappa shape index (κ1) is 23.0. The van der Waals surface area contributed by atoms with E-state index < -0.39 is 15.9 Å². The molecule has 0 saturated carbocycles. The van der Waals surface area contributed by atoms with E-state index in [9.17, 15) is 18.0 Å². The largest absolute Gasteiger partial charge is 0.326 e. The molecule has 170 valence electrons. The first-order valence-electron chi connectivity index (χ1n) is 10.4. The van der Waals surface area contributed by atoms with Gasteiger partial charge in [-0.3, -0.25) is 14.2 Å². The minimum Gasteiger partial charge on any atom is -0.326 e. The number of aromatic nitrogens is 1. The minimum absolute atomic E-state index is 0.0289. The highest BCUT2D eigenvalue weighted by Crippen LogP contribution is 2.26. The smallest absolute Gasteiger partial charge is 0.308 e. The molecule has 0 spiro atoms. The van der Waals surface area contributed by atoms with E-state index in [4.69, 9.17) is 11.6 Å². The van der Waals surface area contributed by atoms with Gasteiger partial charge in [0.25, 0.3) is 0 Å². The summed E-state index contributed by atoms with van der Waals surface area (Å²) in [6.07, 6.45) is 1.24. The summed E-state index contributed by atoms with van der Waals surface area (Å²) < 4.78 is 29.7. The molecule has 10 heteroatoms. The second-order valence-electron chi connectivity index (χ2n) is 7.87. The summed E-state index contributed by atoms with van der Waals surface area (Å²) in [5.74, 6) is -0.798. The molecule has 32 heavy (non-hydrogen) atoms. The van der Waals surface area contributed by atoms with Gasteiger partial charge in [0.1, 0.15) is 0 Å². The molecule has 7 nitrogen and oxygen atoms in total. The number of nitrogens with zero attached hydrogens (tertiary/aromatic N) is 2. The zero-order valence-corrected chi connectivity index (χ0v) is 20.0. The van der Waals surface area contributed by atoms with Gasteiger partial charge in [-0.2, -0.15) is 0 Å². The number of sulfonamides is 1. The molecule has 1 aromatic heterocycles. The summed E-state index contributed by atoms with van der Waals surface area (Å²) in [7, 11) is -3.57. The van der Waals surface area contributed by atoms with Gasteiger partial charge in [0.15, 0.2) is 0 Å². The number of benzene rings is 2. The lowest BCUT2D eigenvalue weighted by Crippen LogP contribution is -2.44. The molecular weight excluding hydrogens is 470 g/mol. The van der Waals surface area contributed by atoms with Crippen LogP contribution in [0.3, 0.4) is 0 Å². The molecule has 1 saturated heterocycles. The van der Waals surface area contributed by atoms with E-state index >= 15 is 0 Å². The summed E-state index contributed by atoms with van der Waals surface area (Å²) in [6, 6.07) is 12.2. The van der Waals surface area contributed by atoms with E-state index in [2.05, 4.69) is 5.32 Å². The van der Waals surface area contributed by atoms with Crippen molar-refractivity contribution in [3.8, 4) is 0 Å². The molecule has 0 bridgehead atoms. The lowest BCUT2D eigenvalue weighted by atomic mass is 9.98. The summed E-state index contributed by atoms with van der Waals surface area (Å²) >= 11 is 7.12. The average Bonchev–Trinajstić information content (AvgIpc) is 3.07. The van der Waals surface area contributed by atoms with E-state index in [1.165, 1.54) is 4.31 Å². The van der Waals surface area contributed by atoms with Crippen LogP contribution in [0.5, 0.6) is 0 Å². The van der Waals surface area contributed by atoms with Gasteiger partial charge in [-0.25, -0.2) is 12.7 Å². The Morgan fingerprint density at radius 2 is 2.06 bits per heavy atom. The van der Waals surface area contributed by atoms with Crippen LogP contribution in [0.25, 0.3) is 10.2 Å². The third-order valence-electron chi connectivity index (χ3n) is 5.64. The van der Waals surface area contributed by atoms with Crippen molar-refractivity contribution in [3.63, 3.8) is 0 Å². The van der Waals surface area contributed by atoms with Crippen LogP contribution in [0, 0.1) is 5.92 Å². The molecule has 3 aromatic rings. The fourth-order valence-electron chi connectivity index (χ4n) is 4.03. The number of hydrogen-bond donors (Lipinski definition) is 1. The molecule has 1 atom stereocenters. The van der Waals surface area contributed by atoms with Crippen molar-refractivity contribution in [1.82, 2.24) is 8.87 Å². The van der Waals surface area contributed by atoms with Gasteiger partial charge in [-0.05, 0) is 55.7 Å². The Morgan fingerprint density at radius 1 is 1.25 bits per heavy atom. The Labute approximate surface area is 195 Å². The number of piperidine rings is 1. The maximum Gasteiger partial charge on any atom is 0.308 e. The quantitative estimate of drug-likeness (QED) is 0.563. The van der Waals surface area contributed by atoms with Gasteiger partial charge < -0.3 is 5.32 Å². The monoisotopic (exact) mass is 493 g/mol. The van der Waals surface area contributed by atoms with Gasteiger partial charge in [0.05, 0.1) is 21.9 Å². The van der Waals surface area contributed by atoms with Crippen LogP contribution in [0.2, 0.25) is 5.02 Å². The lowest BCUT2D eigenvalue weighted by Gasteiger charge is -2.31. The number of hydrogen-bond acceptors (Lipinski definition) is 5. The highest BCUT2D eigenvalue weighted by Gasteiger charge is 2.32. The molecule has 0 aliphatic carbocycles. The molecule has 2 aromatic carbocycles. The number of carbonyl (C=O) groups is 1. The maximum absolute atomic E-state index is 12.9. The predicted octanol–water partition coefficient (Wildman–Crippen LogP) is 3.92. The van der Waals surface area contributed by atoms with Crippen LogP contribution < -0.4 is 10.2 Å². The Morgan fingerprint density at radius 3 is 2.81 bits per heavy atom. The van der Waals surface area contributed by atoms with Crippen LogP contribution in [0.1, 0.15) is 25.3 Å². The molecule has 1 amide bonds. The molecule has 1 aliphatic heterocycles. The molecular formula is C22H24ClN3O4S2. The van der Waals surface area contributed by atoms with Crippen LogP contribution in [-0.2, 0) is 27.1 Å². The second kappa shape index (κ2) is 9.35. The van der Waals surface area contributed by atoms with Gasteiger partial charge in [-0.15, -0.1) is 0 Å². The summed E-state index contributed by atoms with van der Waals surface area (Å²) in [6.45, 7) is 3.05. The molecule has 4 rings (SSSR count). The normalized spacial score (nSPS) is 17.5. The zero-order valence-electron chi connectivity index (χ0n) is 17.6. The third kappa shape index (κ3) is 4.91. The zero-order chi connectivity index (χ0) is 22.9. The van der Waals surface area contributed by atoms with E-state index in [0.29, 0.717) is 42.2 Å². The number of fused-ring (bicyclic) bond motifs is 1. The number of anilines is 1. The number of nitrogens with one attached hydrogen (secondary N) is 1. The van der Waals surface area contributed by atoms with E-state index in [1.54, 1.807) is 41.0 Å². The summed E-state index contributed by atoms with van der Waals surface area (Å²) in [5.41, 5.74) is 2.07. The van der Waals surface area contributed by atoms with Crippen LogP contribution in [-0.4, -0.2) is 36.3 Å². The summed E-state index contributed by atoms with van der Waals surface area (Å²) in [5, 5.41) is 3.39. The van der Waals surface area contributed by atoms with Gasteiger partial charge in [-0.1, -0.05) is 35.1 Å². The molecule has 0 radical (unpaired) electrons. The Balaban J connectivity index is 1.45. The number of aryl methyl sites for hydroxylation is 1. The standard InChI is InChI=1S/C22H24ClN3O4S2/c1-2-26-19-9-8-18(12-20(19)31-22(26)28)24-21(27)16-6-4-10-25(13-16)32(29,30)14-15-5-3-7-17(23)11-15/h3,5,7-9,11-12,16H,2,4,6,10,13-14H2,1H3,(H,24,27). The number of rotatable bonds is 6. The summed E-state index contributed by atoms with van der Waals surface area (Å²) in [4.78, 5) is 24.9. The number of carbonyl (C=O) groups excluding carboxylic acids is 1. The highest BCUT2D eigenvalue weighted by atomic mass is 35.5. The van der Waals surface area contributed by atoms with Crippen molar-refractivity contribution in [1.29, 1.82) is 0 Å². The fourth-order valence-corrected chi connectivity index (χ4v) is 6.83. The number of halogens is 1. The molecule has 2 heterocycles. The van der Waals surface area contributed by atoms with Crippen molar-refractivity contribution in [3.05, 3.63) is 62.7 Å². The highest BCUT2D eigenvalue weighted by molar-refractivity contribution is 7.88. The van der Waals surface area contributed by atoms with Gasteiger partial charge in [0.2, 0.25) is 15.9 Å². The van der Waals surface area contributed by atoms with Crippen LogP contribution >= 0.6 is 22.9 Å². The Bertz CT molecular complexity index is 1320. The average molecular weight is 494 g/mol. The Kier molecular flexibility index (Phi) is 6.71. The SMILES string of the molecule is CCn1c(=O)sc2cc(NC(=O)C3CCCN(S(=O)(=O)Cc4cccc(Cl)c4)C3)ccc21. The van der Waals surface area contributed by atoms with E-state index in [0.717, 1.165) is 21.6 Å². The first-order chi connectivity index (χ1) is 15.3. The van der Waals surface area contributed by atoms with Crippen molar-refractivity contribution in [2.24, 2.45) is 5.92 Å². The minimum atomic E-state index is -3.57. The van der Waals surface area contributed by atoms with Crippen molar-refractivity contribution < 1.29 is 13.2 Å². The second-order valence-corrected chi connectivity index (χ2v) is 11.3. The third-order valence-corrected chi connectivity index (χ3v) is 8.63. The lowest BCUT2D eigenvalue weighted by molar-refractivity contribution is -0.120.